The molecule has 1 aliphatic heterocycles. The number of hydrogen-bond acceptors (Lipinski definition) is 2. The lowest BCUT2D eigenvalue weighted by molar-refractivity contribution is 1.04. The second-order valence-corrected chi connectivity index (χ2v) is 9.33. The van der Waals surface area contributed by atoms with Gasteiger partial charge in [0, 0.05) is 33.2 Å². The molecule has 38 heavy (non-hydrogen) atoms. The number of aliphatic imine (C=N–C) groups is 1. The number of benzene rings is 4. The molecule has 4 heteroatoms. The summed E-state index contributed by atoms with van der Waals surface area (Å²) in [6, 6.07) is 38.2. The maximum Gasteiger partial charge on any atom is 0.216 e. The van der Waals surface area contributed by atoms with Crippen molar-refractivity contribution >= 4 is 44.5 Å². The van der Waals surface area contributed by atoms with Crippen molar-refractivity contribution in [1.82, 2.24) is 9.13 Å². The molecule has 0 spiro atoms. The molecule has 0 bridgehead atoms. The van der Waals surface area contributed by atoms with Gasteiger partial charge < -0.3 is 0 Å². The molecule has 182 valence electrons. The highest BCUT2D eigenvalue weighted by molar-refractivity contribution is 6.25. The van der Waals surface area contributed by atoms with E-state index in [1.807, 2.05) is 24.3 Å². The van der Waals surface area contributed by atoms with Gasteiger partial charge in [0.2, 0.25) is 5.96 Å². The average Bonchev–Trinajstić information content (AvgIpc) is 3.50. The molecule has 0 unspecified atom stereocenters. The zero-order valence-corrected chi connectivity index (χ0v) is 20.9. The zero-order chi connectivity index (χ0) is 25.5. The Balaban J connectivity index is 1.66. The molecule has 7 rings (SSSR count). The number of allylic oxidation sites excluding steroid dienone is 3. The first kappa shape index (κ1) is 22.1. The summed E-state index contributed by atoms with van der Waals surface area (Å²) in [6.07, 6.45) is 8.18. The Labute approximate surface area is 221 Å². The van der Waals surface area contributed by atoms with Crippen LogP contribution in [0.4, 0.5) is 5.69 Å². The first-order chi connectivity index (χ1) is 18.8. The van der Waals surface area contributed by atoms with E-state index in [4.69, 9.17) is 4.99 Å². The van der Waals surface area contributed by atoms with Crippen LogP contribution < -0.4 is 4.90 Å². The Morgan fingerprint density at radius 3 is 1.87 bits per heavy atom. The molecule has 1 aliphatic rings. The SMILES string of the molecule is C=C1/C=C\C=C/CN=C(n2c3ccccc3c3c4ccccc4n(-c4ccccc4)c32)N1c1ccccc1. The molecule has 6 aromatic rings. The van der Waals surface area contributed by atoms with Crippen LogP contribution in [0.15, 0.2) is 151 Å². The van der Waals surface area contributed by atoms with Crippen molar-refractivity contribution in [2.45, 2.75) is 0 Å². The molecule has 0 saturated carbocycles. The van der Waals surface area contributed by atoms with Gasteiger partial charge in [-0.05, 0) is 42.5 Å². The average molecular weight is 491 g/mol. The fraction of sp³-hybridized carbons (Fsp3) is 0.0294. The van der Waals surface area contributed by atoms with Gasteiger partial charge in [0.15, 0.2) is 0 Å². The molecule has 0 fully saturated rings. The predicted octanol–water partition coefficient (Wildman–Crippen LogP) is 8.09. The summed E-state index contributed by atoms with van der Waals surface area (Å²) >= 11 is 0. The summed E-state index contributed by atoms with van der Waals surface area (Å²) in [7, 11) is 0. The quantitative estimate of drug-likeness (QED) is 0.241. The molecule has 0 saturated heterocycles. The Bertz CT molecular complexity index is 1900. The summed E-state index contributed by atoms with van der Waals surface area (Å²) in [6.45, 7) is 5.01. The van der Waals surface area contributed by atoms with Crippen LogP contribution in [0.3, 0.4) is 0 Å². The monoisotopic (exact) mass is 490 g/mol. The lowest BCUT2D eigenvalue weighted by Gasteiger charge is -2.28. The highest BCUT2D eigenvalue weighted by Gasteiger charge is 2.27. The fourth-order valence-corrected chi connectivity index (χ4v) is 5.48. The van der Waals surface area contributed by atoms with Crippen molar-refractivity contribution in [3.8, 4) is 5.69 Å². The van der Waals surface area contributed by atoms with Gasteiger partial charge in [-0.1, -0.05) is 97.6 Å². The van der Waals surface area contributed by atoms with Crippen LogP contribution in [0, 0.1) is 0 Å². The van der Waals surface area contributed by atoms with Gasteiger partial charge in [0.25, 0.3) is 0 Å². The molecule has 0 atom stereocenters. The van der Waals surface area contributed by atoms with Gasteiger partial charge >= 0.3 is 0 Å². The third-order valence-corrected chi connectivity index (χ3v) is 7.07. The number of rotatable bonds is 2. The van der Waals surface area contributed by atoms with Crippen molar-refractivity contribution in [2.75, 3.05) is 11.4 Å². The van der Waals surface area contributed by atoms with Crippen LogP contribution in [-0.2, 0) is 0 Å². The molecule has 3 heterocycles. The van der Waals surface area contributed by atoms with Gasteiger partial charge in [-0.15, -0.1) is 0 Å². The molecule has 4 nitrogen and oxygen atoms in total. The number of fused-ring (bicyclic) bond motifs is 5. The largest absolute Gasteiger partial charge is 0.295 e. The van der Waals surface area contributed by atoms with Gasteiger partial charge in [-0.25, -0.2) is 4.99 Å². The summed E-state index contributed by atoms with van der Waals surface area (Å²) in [5.74, 6) is 0.809. The maximum absolute atomic E-state index is 5.20. The molecule has 0 amide bonds. The Kier molecular flexibility index (Phi) is 5.30. The molecule has 2 aromatic heterocycles. The topological polar surface area (TPSA) is 25.5 Å². The van der Waals surface area contributed by atoms with E-state index in [-0.39, 0.29) is 0 Å². The zero-order valence-electron chi connectivity index (χ0n) is 20.9. The first-order valence-corrected chi connectivity index (χ1v) is 12.8. The minimum absolute atomic E-state index is 0.551. The highest BCUT2D eigenvalue weighted by Crippen LogP contribution is 2.40. The highest BCUT2D eigenvalue weighted by atomic mass is 15.4. The number of anilines is 1. The Morgan fingerprint density at radius 1 is 0.605 bits per heavy atom. The van der Waals surface area contributed by atoms with Gasteiger partial charge in [-0.2, -0.15) is 0 Å². The third kappa shape index (κ3) is 3.42. The smallest absolute Gasteiger partial charge is 0.216 e. The molecular formula is C34H26N4. The van der Waals surface area contributed by atoms with E-state index in [2.05, 4.69) is 130 Å². The van der Waals surface area contributed by atoms with Crippen LogP contribution in [0.5, 0.6) is 0 Å². The number of nitrogens with zero attached hydrogens (tertiary/aromatic N) is 4. The fourth-order valence-electron chi connectivity index (χ4n) is 5.48. The first-order valence-electron chi connectivity index (χ1n) is 12.8. The van der Waals surface area contributed by atoms with E-state index >= 15 is 0 Å². The van der Waals surface area contributed by atoms with Crippen molar-refractivity contribution in [1.29, 1.82) is 0 Å². The van der Waals surface area contributed by atoms with E-state index < -0.39 is 0 Å². The minimum atomic E-state index is 0.551. The van der Waals surface area contributed by atoms with E-state index in [9.17, 15) is 0 Å². The van der Waals surface area contributed by atoms with Crippen LogP contribution in [0.1, 0.15) is 0 Å². The number of aromatic nitrogens is 2. The van der Waals surface area contributed by atoms with Crippen molar-refractivity contribution < 1.29 is 0 Å². The predicted molar refractivity (Wildman–Crippen MR) is 160 cm³/mol. The molecule has 4 aromatic carbocycles. The third-order valence-electron chi connectivity index (χ3n) is 7.07. The van der Waals surface area contributed by atoms with Crippen molar-refractivity contribution in [2.24, 2.45) is 4.99 Å². The van der Waals surface area contributed by atoms with Crippen molar-refractivity contribution in [3.63, 3.8) is 0 Å². The lowest BCUT2D eigenvalue weighted by atomic mass is 10.1. The van der Waals surface area contributed by atoms with Crippen molar-refractivity contribution in [3.05, 3.63) is 146 Å². The lowest BCUT2D eigenvalue weighted by Crippen LogP contribution is -2.35. The molecular weight excluding hydrogens is 464 g/mol. The summed E-state index contributed by atoms with van der Waals surface area (Å²) < 4.78 is 4.67. The Morgan fingerprint density at radius 2 is 1.18 bits per heavy atom. The summed E-state index contributed by atoms with van der Waals surface area (Å²) in [5, 5.41) is 3.63. The number of para-hydroxylation sites is 4. The second-order valence-electron chi connectivity index (χ2n) is 9.33. The van der Waals surface area contributed by atoms with Crippen LogP contribution in [-0.4, -0.2) is 21.6 Å². The number of hydrogen-bond donors (Lipinski definition) is 0. The van der Waals surface area contributed by atoms with Crippen LogP contribution in [0.2, 0.25) is 0 Å². The second kappa shape index (κ2) is 9.09. The van der Waals surface area contributed by atoms with Crippen LogP contribution >= 0.6 is 0 Å². The van der Waals surface area contributed by atoms with Gasteiger partial charge in [0.1, 0.15) is 5.65 Å². The molecule has 0 radical (unpaired) electrons. The normalized spacial score (nSPS) is 15.8. The van der Waals surface area contributed by atoms with E-state index in [1.165, 1.54) is 16.2 Å². The minimum Gasteiger partial charge on any atom is -0.295 e. The maximum atomic E-state index is 5.20. The molecule has 0 N–H and O–H groups in total. The summed E-state index contributed by atoms with van der Waals surface area (Å²) in [5.41, 5.74) is 6.31. The summed E-state index contributed by atoms with van der Waals surface area (Å²) in [4.78, 5) is 7.36. The van der Waals surface area contributed by atoms with Gasteiger partial charge in [-0.3, -0.25) is 14.0 Å². The van der Waals surface area contributed by atoms with E-state index in [0.29, 0.717) is 6.54 Å². The standard InChI is InChI=1S/C34H26N4/c1-25-15-5-4-14-24-35-34(36(25)26-16-6-2-7-17-26)38-31-23-13-11-21-29(31)32-28-20-10-12-22-30(28)37(33(32)38)27-18-8-3-9-19-27/h2-23H,1,24H2/b14-4-,15-5-,35-34?. The molecule has 0 aliphatic carbocycles. The van der Waals surface area contributed by atoms with E-state index in [1.54, 1.807) is 0 Å². The Hall–Kier alpha value is -5.09. The van der Waals surface area contributed by atoms with E-state index in [0.717, 1.165) is 39.7 Å². The van der Waals surface area contributed by atoms with Crippen LogP contribution in [0.25, 0.3) is 38.5 Å². The van der Waals surface area contributed by atoms with Gasteiger partial charge in [0.05, 0.1) is 17.6 Å².